The quantitative estimate of drug-likeness (QED) is 0.559. The molecular weight excluding hydrogens is 212 g/mol. The van der Waals surface area contributed by atoms with Gasteiger partial charge in [0.2, 0.25) is 0 Å². The molecule has 0 aliphatic carbocycles. The first-order valence-electron chi connectivity index (χ1n) is 7.16. The summed E-state index contributed by atoms with van der Waals surface area (Å²) in [4.78, 5) is 11.5. The van der Waals surface area contributed by atoms with Crippen LogP contribution in [0.1, 0.15) is 66.7 Å². The van der Waals surface area contributed by atoms with Gasteiger partial charge in [-0.3, -0.25) is 4.79 Å². The van der Waals surface area contributed by atoms with Crippen molar-refractivity contribution < 1.29 is 9.53 Å². The summed E-state index contributed by atoms with van der Waals surface area (Å²) in [5, 5.41) is 0. The van der Waals surface area contributed by atoms with E-state index in [-0.39, 0.29) is 5.97 Å². The Balaban J connectivity index is 4.03. The number of rotatable bonds is 9. The molecular formula is C15H30O2. The lowest BCUT2D eigenvalue weighted by Crippen LogP contribution is -2.21. The Morgan fingerprint density at radius 2 is 1.65 bits per heavy atom. The zero-order valence-corrected chi connectivity index (χ0v) is 12.3. The fraction of sp³-hybridized carbons (Fsp3) is 0.933. The van der Waals surface area contributed by atoms with Crippen LogP contribution in [0.2, 0.25) is 0 Å². The molecule has 0 amide bonds. The summed E-state index contributed by atoms with van der Waals surface area (Å²) in [5.74, 6) is 1.55. The van der Waals surface area contributed by atoms with Crippen molar-refractivity contribution >= 4 is 5.97 Å². The molecule has 0 aliphatic heterocycles. The highest BCUT2D eigenvalue weighted by molar-refractivity contribution is 5.69. The second-order valence-electron chi connectivity index (χ2n) is 5.60. The Bertz CT molecular complexity index is 199. The molecule has 0 aliphatic rings. The van der Waals surface area contributed by atoms with Crippen LogP contribution in [0.3, 0.4) is 0 Å². The third kappa shape index (κ3) is 8.23. The van der Waals surface area contributed by atoms with Gasteiger partial charge in [-0.05, 0) is 24.2 Å². The lowest BCUT2D eigenvalue weighted by Gasteiger charge is -2.23. The molecule has 2 atom stereocenters. The largest absolute Gasteiger partial charge is 0.465 e. The normalized spacial score (nSPS) is 14.7. The number of carbonyl (C=O) groups excluding carboxylic acids is 1. The second kappa shape index (κ2) is 9.49. The van der Waals surface area contributed by atoms with Crippen LogP contribution in [0.15, 0.2) is 0 Å². The van der Waals surface area contributed by atoms with Crippen molar-refractivity contribution in [2.24, 2.45) is 17.8 Å². The van der Waals surface area contributed by atoms with Gasteiger partial charge in [0.25, 0.3) is 0 Å². The highest BCUT2D eigenvalue weighted by Crippen LogP contribution is 2.22. The van der Waals surface area contributed by atoms with E-state index in [1.165, 1.54) is 19.3 Å². The maximum atomic E-state index is 11.5. The molecule has 0 saturated heterocycles. The lowest BCUT2D eigenvalue weighted by molar-refractivity contribution is -0.146. The van der Waals surface area contributed by atoms with Gasteiger partial charge < -0.3 is 4.74 Å². The summed E-state index contributed by atoms with van der Waals surface area (Å²) >= 11 is 0. The summed E-state index contributed by atoms with van der Waals surface area (Å²) in [7, 11) is 0. The molecule has 0 N–H and O–H groups in total. The van der Waals surface area contributed by atoms with Crippen molar-refractivity contribution in [3.05, 3.63) is 0 Å². The Hall–Kier alpha value is -0.530. The number of hydrogen-bond acceptors (Lipinski definition) is 2. The van der Waals surface area contributed by atoms with Crippen LogP contribution in [0, 0.1) is 17.8 Å². The first-order valence-corrected chi connectivity index (χ1v) is 7.16. The van der Waals surface area contributed by atoms with E-state index in [0.717, 1.165) is 6.42 Å². The van der Waals surface area contributed by atoms with E-state index in [2.05, 4.69) is 20.8 Å². The van der Waals surface area contributed by atoms with Gasteiger partial charge >= 0.3 is 5.97 Å². The molecule has 0 saturated carbocycles. The van der Waals surface area contributed by atoms with Crippen molar-refractivity contribution in [2.75, 3.05) is 6.61 Å². The van der Waals surface area contributed by atoms with Crippen molar-refractivity contribution in [1.82, 2.24) is 0 Å². The van der Waals surface area contributed by atoms with E-state index >= 15 is 0 Å². The molecule has 0 rings (SSSR count). The third-order valence-electron chi connectivity index (χ3n) is 3.24. The van der Waals surface area contributed by atoms with Crippen molar-refractivity contribution in [1.29, 1.82) is 0 Å². The van der Waals surface area contributed by atoms with E-state index < -0.39 is 0 Å². The van der Waals surface area contributed by atoms with E-state index in [4.69, 9.17) is 4.74 Å². The minimum Gasteiger partial charge on any atom is -0.465 e. The number of hydrogen-bond donors (Lipinski definition) is 0. The van der Waals surface area contributed by atoms with E-state index in [1.807, 2.05) is 13.8 Å². The molecule has 2 nitrogen and oxygen atoms in total. The summed E-state index contributed by atoms with van der Waals surface area (Å²) in [5.41, 5.74) is 0. The molecule has 0 fully saturated rings. The Kier molecular flexibility index (Phi) is 9.20. The average Bonchev–Trinajstić information content (AvgIpc) is 2.23. The molecule has 0 aromatic carbocycles. The van der Waals surface area contributed by atoms with Gasteiger partial charge in [-0.25, -0.2) is 0 Å². The van der Waals surface area contributed by atoms with Crippen molar-refractivity contribution in [3.8, 4) is 0 Å². The minimum atomic E-state index is -0.0372. The SMILES string of the molecule is CCCC(C)C(CCC)COC(=O)CC(C)C. The Labute approximate surface area is 107 Å². The van der Waals surface area contributed by atoms with Crippen LogP contribution in [0.4, 0.5) is 0 Å². The summed E-state index contributed by atoms with van der Waals surface area (Å²) in [6.45, 7) is 11.4. The molecule has 0 heterocycles. The topological polar surface area (TPSA) is 26.3 Å². The van der Waals surface area contributed by atoms with Gasteiger partial charge in [0.15, 0.2) is 0 Å². The van der Waals surface area contributed by atoms with Crippen LogP contribution in [0.5, 0.6) is 0 Å². The number of ether oxygens (including phenoxy) is 1. The maximum absolute atomic E-state index is 11.5. The molecule has 0 aromatic rings. The van der Waals surface area contributed by atoms with E-state index in [0.29, 0.717) is 30.8 Å². The standard InChI is InChI=1S/C15H30O2/c1-6-8-13(5)14(9-7-2)11-17-15(16)10-12(3)4/h12-14H,6-11H2,1-5H3. The molecule has 0 spiro atoms. The molecule has 17 heavy (non-hydrogen) atoms. The Morgan fingerprint density at radius 1 is 1.06 bits per heavy atom. The summed E-state index contributed by atoms with van der Waals surface area (Å²) in [6, 6.07) is 0. The molecule has 2 heteroatoms. The lowest BCUT2D eigenvalue weighted by atomic mass is 9.87. The first-order chi connectivity index (χ1) is 8.01. The van der Waals surface area contributed by atoms with Crippen LogP contribution < -0.4 is 0 Å². The smallest absolute Gasteiger partial charge is 0.306 e. The van der Waals surface area contributed by atoms with Gasteiger partial charge in [0.05, 0.1) is 6.61 Å². The van der Waals surface area contributed by atoms with Crippen LogP contribution in [0.25, 0.3) is 0 Å². The number of carbonyl (C=O) groups is 1. The van der Waals surface area contributed by atoms with Gasteiger partial charge in [0, 0.05) is 6.42 Å². The van der Waals surface area contributed by atoms with E-state index in [1.54, 1.807) is 0 Å². The van der Waals surface area contributed by atoms with Gasteiger partial charge in [-0.15, -0.1) is 0 Å². The van der Waals surface area contributed by atoms with Crippen LogP contribution in [-0.4, -0.2) is 12.6 Å². The molecule has 0 radical (unpaired) electrons. The van der Waals surface area contributed by atoms with Gasteiger partial charge in [-0.1, -0.05) is 53.9 Å². The average molecular weight is 242 g/mol. The van der Waals surface area contributed by atoms with Crippen molar-refractivity contribution in [2.45, 2.75) is 66.7 Å². The molecule has 102 valence electrons. The second-order valence-corrected chi connectivity index (χ2v) is 5.60. The third-order valence-corrected chi connectivity index (χ3v) is 3.24. The van der Waals surface area contributed by atoms with Crippen LogP contribution >= 0.6 is 0 Å². The highest BCUT2D eigenvalue weighted by atomic mass is 16.5. The fourth-order valence-corrected chi connectivity index (χ4v) is 2.19. The first kappa shape index (κ1) is 16.5. The van der Waals surface area contributed by atoms with Crippen molar-refractivity contribution in [3.63, 3.8) is 0 Å². The van der Waals surface area contributed by atoms with Gasteiger partial charge in [-0.2, -0.15) is 0 Å². The molecule has 2 unspecified atom stereocenters. The van der Waals surface area contributed by atoms with E-state index in [9.17, 15) is 4.79 Å². The predicted molar refractivity (Wildman–Crippen MR) is 72.9 cm³/mol. The summed E-state index contributed by atoms with van der Waals surface area (Å²) in [6.07, 6.45) is 5.31. The molecule has 0 aromatic heterocycles. The fourth-order valence-electron chi connectivity index (χ4n) is 2.19. The zero-order chi connectivity index (χ0) is 13.3. The highest BCUT2D eigenvalue weighted by Gasteiger charge is 2.18. The predicted octanol–water partition coefficient (Wildman–Crippen LogP) is 4.43. The minimum absolute atomic E-state index is 0.0372. The summed E-state index contributed by atoms with van der Waals surface area (Å²) < 4.78 is 5.40. The number of esters is 1. The van der Waals surface area contributed by atoms with Crippen LogP contribution in [-0.2, 0) is 9.53 Å². The molecule has 0 bridgehead atoms. The van der Waals surface area contributed by atoms with Gasteiger partial charge in [0.1, 0.15) is 0 Å². The Morgan fingerprint density at radius 3 is 2.12 bits per heavy atom. The maximum Gasteiger partial charge on any atom is 0.306 e. The monoisotopic (exact) mass is 242 g/mol. The zero-order valence-electron chi connectivity index (χ0n) is 12.3.